The summed E-state index contributed by atoms with van der Waals surface area (Å²) in [4.78, 5) is 38.8. The molecule has 1 heterocycles. The molecule has 186 valence electrons. The van der Waals surface area contributed by atoms with Crippen molar-refractivity contribution in [2.24, 2.45) is 0 Å². The molecule has 2 aliphatic rings. The van der Waals surface area contributed by atoms with Gasteiger partial charge in [-0.3, -0.25) is 9.59 Å². The summed E-state index contributed by atoms with van der Waals surface area (Å²) in [6, 6.07) is 13.3. The van der Waals surface area contributed by atoms with Gasteiger partial charge in [-0.25, -0.2) is 4.79 Å². The maximum atomic E-state index is 12.6. The topological polar surface area (TPSA) is 90.5 Å². The third kappa shape index (κ3) is 7.21. The average Bonchev–Trinajstić information content (AvgIpc) is 2.85. The highest BCUT2D eigenvalue weighted by atomic mass is 35.5. The Morgan fingerprint density at radius 1 is 1.00 bits per heavy atom. The van der Waals surface area contributed by atoms with Gasteiger partial charge in [0.25, 0.3) is 0 Å². The summed E-state index contributed by atoms with van der Waals surface area (Å²) in [5.74, 6) is -0.00592. The molecule has 7 nitrogen and oxygen atoms in total. The Hall–Kier alpha value is -3.06. The second kappa shape index (κ2) is 12.1. The van der Waals surface area contributed by atoms with Crippen molar-refractivity contribution < 1.29 is 14.4 Å². The van der Waals surface area contributed by atoms with Crippen LogP contribution in [0.2, 0.25) is 5.02 Å². The molecule has 0 unspecified atom stereocenters. The minimum Gasteiger partial charge on any atom is -0.338 e. The smallest absolute Gasteiger partial charge is 0.315 e. The van der Waals surface area contributed by atoms with Crippen molar-refractivity contribution in [3.05, 3.63) is 58.6 Å². The van der Waals surface area contributed by atoms with E-state index in [9.17, 15) is 14.4 Å². The molecule has 3 N–H and O–H groups in total. The normalized spacial score (nSPS) is 15.9. The van der Waals surface area contributed by atoms with Gasteiger partial charge in [-0.05, 0) is 67.1 Å². The number of carbonyl (C=O) groups excluding carboxylic acids is 3. The van der Waals surface area contributed by atoms with Gasteiger partial charge in [0.15, 0.2) is 0 Å². The highest BCUT2D eigenvalue weighted by Gasteiger charge is 2.24. The summed E-state index contributed by atoms with van der Waals surface area (Å²) in [6.45, 7) is 0.938. The first-order valence-corrected chi connectivity index (χ1v) is 12.9. The van der Waals surface area contributed by atoms with Crippen molar-refractivity contribution in [2.75, 3.05) is 16.8 Å². The number of halogens is 1. The Morgan fingerprint density at radius 2 is 1.77 bits per heavy atom. The molecule has 1 fully saturated rings. The van der Waals surface area contributed by atoms with Crippen LogP contribution in [-0.2, 0) is 22.6 Å². The average molecular weight is 497 g/mol. The summed E-state index contributed by atoms with van der Waals surface area (Å²) < 4.78 is 0. The van der Waals surface area contributed by atoms with Crippen LogP contribution in [0.4, 0.5) is 16.2 Å². The molecule has 4 amide bonds. The Bertz CT molecular complexity index is 1050. The maximum absolute atomic E-state index is 12.6. The second-order valence-corrected chi connectivity index (χ2v) is 9.77. The Balaban J connectivity index is 1.24. The number of hydrogen-bond acceptors (Lipinski definition) is 3. The van der Waals surface area contributed by atoms with Crippen LogP contribution >= 0.6 is 11.6 Å². The summed E-state index contributed by atoms with van der Waals surface area (Å²) in [6.07, 6.45) is 7.66. The quantitative estimate of drug-likeness (QED) is 0.440. The van der Waals surface area contributed by atoms with Crippen LogP contribution < -0.4 is 20.9 Å². The number of amides is 4. The largest absolute Gasteiger partial charge is 0.338 e. The van der Waals surface area contributed by atoms with Crippen LogP contribution in [0.5, 0.6) is 0 Å². The van der Waals surface area contributed by atoms with Crippen LogP contribution in [0.15, 0.2) is 42.5 Å². The van der Waals surface area contributed by atoms with Crippen molar-refractivity contribution in [1.29, 1.82) is 0 Å². The maximum Gasteiger partial charge on any atom is 0.315 e. The first-order chi connectivity index (χ1) is 17.0. The summed E-state index contributed by atoms with van der Waals surface area (Å²) >= 11 is 5.98. The van der Waals surface area contributed by atoms with E-state index in [1.807, 2.05) is 42.5 Å². The van der Waals surface area contributed by atoms with E-state index in [1.165, 1.54) is 19.3 Å². The van der Waals surface area contributed by atoms with Gasteiger partial charge in [0, 0.05) is 41.8 Å². The van der Waals surface area contributed by atoms with Gasteiger partial charge in [0.1, 0.15) is 0 Å². The number of hydrogen-bond donors (Lipinski definition) is 3. The molecule has 2 aromatic rings. The fourth-order valence-corrected chi connectivity index (χ4v) is 4.87. The van der Waals surface area contributed by atoms with Gasteiger partial charge in [-0.2, -0.15) is 0 Å². The molecule has 2 aromatic carbocycles. The highest BCUT2D eigenvalue weighted by molar-refractivity contribution is 6.30. The first-order valence-electron chi connectivity index (χ1n) is 12.5. The lowest BCUT2D eigenvalue weighted by atomic mass is 9.96. The third-order valence-corrected chi connectivity index (χ3v) is 6.88. The molecule has 0 radical (unpaired) electrons. The molecule has 1 saturated carbocycles. The predicted octanol–water partition coefficient (Wildman–Crippen LogP) is 5.17. The Morgan fingerprint density at radius 3 is 2.54 bits per heavy atom. The van der Waals surface area contributed by atoms with Gasteiger partial charge in [0.2, 0.25) is 11.8 Å². The second-order valence-electron chi connectivity index (χ2n) is 9.34. The number of nitrogens with one attached hydrogen (secondary N) is 3. The van der Waals surface area contributed by atoms with Crippen LogP contribution in [0.1, 0.15) is 62.5 Å². The van der Waals surface area contributed by atoms with Gasteiger partial charge >= 0.3 is 6.03 Å². The molecule has 0 atom stereocenters. The molecular weight excluding hydrogens is 464 g/mol. The Labute approximate surface area is 211 Å². The molecular formula is C27H33ClN4O3. The van der Waals surface area contributed by atoms with Crippen LogP contribution in [0.25, 0.3) is 0 Å². The summed E-state index contributed by atoms with van der Waals surface area (Å²) in [5.41, 5.74) is 3.64. The van der Waals surface area contributed by atoms with Gasteiger partial charge in [-0.15, -0.1) is 0 Å². The molecule has 4 rings (SSSR count). The molecule has 0 spiro atoms. The lowest BCUT2D eigenvalue weighted by molar-refractivity contribution is -0.119. The fraction of sp³-hybridized carbons (Fsp3) is 0.444. The zero-order valence-corrected chi connectivity index (χ0v) is 20.7. The lowest BCUT2D eigenvalue weighted by Gasteiger charge is -2.30. The number of anilines is 2. The SMILES string of the molecule is O=C(CCCNC(=O)NC1CCCCC1)Nc1ccc2c(c1)CCC(=O)N2Cc1ccc(Cl)cc1. The molecule has 0 aromatic heterocycles. The Kier molecular flexibility index (Phi) is 8.64. The number of carbonyl (C=O) groups is 3. The van der Waals surface area contributed by atoms with Gasteiger partial charge in [0.05, 0.1) is 6.54 Å². The molecule has 35 heavy (non-hydrogen) atoms. The predicted molar refractivity (Wildman–Crippen MR) is 139 cm³/mol. The summed E-state index contributed by atoms with van der Waals surface area (Å²) in [7, 11) is 0. The number of urea groups is 1. The van der Waals surface area contributed by atoms with Crippen molar-refractivity contribution in [1.82, 2.24) is 10.6 Å². The monoisotopic (exact) mass is 496 g/mol. The van der Waals surface area contributed by atoms with E-state index >= 15 is 0 Å². The molecule has 1 aliphatic heterocycles. The first kappa shape index (κ1) is 25.0. The fourth-order valence-electron chi connectivity index (χ4n) is 4.74. The van der Waals surface area contributed by atoms with E-state index in [0.717, 1.165) is 35.3 Å². The van der Waals surface area contributed by atoms with E-state index in [1.54, 1.807) is 4.90 Å². The summed E-state index contributed by atoms with van der Waals surface area (Å²) in [5, 5.41) is 9.47. The third-order valence-electron chi connectivity index (χ3n) is 6.62. The zero-order chi connectivity index (χ0) is 24.6. The number of benzene rings is 2. The van der Waals surface area contributed by atoms with Crippen LogP contribution in [0.3, 0.4) is 0 Å². The van der Waals surface area contributed by atoms with E-state index in [-0.39, 0.29) is 23.9 Å². The van der Waals surface area contributed by atoms with Crippen LogP contribution in [-0.4, -0.2) is 30.4 Å². The van der Waals surface area contributed by atoms with Crippen molar-refractivity contribution >= 4 is 40.8 Å². The van der Waals surface area contributed by atoms with Gasteiger partial charge < -0.3 is 20.9 Å². The van der Waals surface area contributed by atoms with Crippen LogP contribution in [0, 0.1) is 0 Å². The van der Waals surface area contributed by atoms with Gasteiger partial charge in [-0.1, -0.05) is 43.0 Å². The molecule has 1 aliphatic carbocycles. The highest BCUT2D eigenvalue weighted by Crippen LogP contribution is 2.31. The van der Waals surface area contributed by atoms with Crippen molar-refractivity contribution in [3.63, 3.8) is 0 Å². The van der Waals surface area contributed by atoms with Crippen molar-refractivity contribution in [3.8, 4) is 0 Å². The minimum absolute atomic E-state index is 0.0873. The van der Waals surface area contributed by atoms with E-state index in [4.69, 9.17) is 11.6 Å². The van der Waals surface area contributed by atoms with E-state index in [0.29, 0.717) is 43.8 Å². The minimum atomic E-state index is -0.148. The number of rotatable bonds is 8. The lowest BCUT2D eigenvalue weighted by Crippen LogP contribution is -2.43. The number of aryl methyl sites for hydroxylation is 1. The number of fused-ring (bicyclic) bond motifs is 1. The molecule has 8 heteroatoms. The standard InChI is InChI=1S/C27H33ClN4O3/c28-21-11-8-19(9-12-21)18-32-24-14-13-23(17-20(24)10-15-26(32)34)30-25(33)7-4-16-29-27(35)31-22-5-2-1-3-6-22/h8-9,11-14,17,22H,1-7,10,15-16,18H2,(H,30,33)(H2,29,31,35). The number of nitrogens with zero attached hydrogens (tertiary/aromatic N) is 1. The van der Waals surface area contributed by atoms with E-state index < -0.39 is 0 Å². The zero-order valence-electron chi connectivity index (χ0n) is 19.9. The molecule has 0 saturated heterocycles. The van der Waals surface area contributed by atoms with Crippen molar-refractivity contribution in [2.45, 2.75) is 70.4 Å². The molecule has 0 bridgehead atoms. The van der Waals surface area contributed by atoms with E-state index in [2.05, 4.69) is 16.0 Å².